The quantitative estimate of drug-likeness (QED) is 0.807. The molecule has 1 aromatic carbocycles. The summed E-state index contributed by atoms with van der Waals surface area (Å²) in [6.07, 6.45) is 4.32. The van der Waals surface area contributed by atoms with Crippen molar-refractivity contribution in [3.05, 3.63) is 36.0 Å². The van der Waals surface area contributed by atoms with Crippen molar-refractivity contribution in [2.24, 2.45) is 0 Å². The lowest BCUT2D eigenvalue weighted by Gasteiger charge is -2.27. The molecule has 0 fully saturated rings. The lowest BCUT2D eigenvalue weighted by molar-refractivity contribution is 0.370. The molecule has 2 heteroatoms. The van der Waals surface area contributed by atoms with Crippen LogP contribution in [0, 0.1) is 0 Å². The van der Waals surface area contributed by atoms with Crippen LogP contribution in [0.25, 0.3) is 10.9 Å². The fourth-order valence-electron chi connectivity index (χ4n) is 2.09. The van der Waals surface area contributed by atoms with Gasteiger partial charge in [-0.2, -0.15) is 0 Å². The van der Waals surface area contributed by atoms with E-state index in [-0.39, 0.29) is 5.54 Å². The predicted molar refractivity (Wildman–Crippen MR) is 69.8 cm³/mol. The number of fused-ring (bicyclic) bond motifs is 1. The highest BCUT2D eigenvalue weighted by molar-refractivity contribution is 5.83. The van der Waals surface area contributed by atoms with Crippen molar-refractivity contribution in [3.63, 3.8) is 0 Å². The van der Waals surface area contributed by atoms with Gasteiger partial charge in [-0.25, -0.2) is 0 Å². The summed E-state index contributed by atoms with van der Waals surface area (Å²) >= 11 is 0. The number of aromatic amines is 1. The van der Waals surface area contributed by atoms with Crippen molar-refractivity contribution in [2.45, 2.75) is 32.2 Å². The summed E-state index contributed by atoms with van der Waals surface area (Å²) in [6.45, 7) is 4.50. The topological polar surface area (TPSA) is 27.8 Å². The SMILES string of the molecule is CCC(C)(Cc1c[nH]c2ccccc12)NC. The number of para-hydroxylation sites is 1. The van der Waals surface area contributed by atoms with Crippen LogP contribution in [0.5, 0.6) is 0 Å². The highest BCUT2D eigenvalue weighted by atomic mass is 14.9. The first-order valence-electron chi connectivity index (χ1n) is 5.92. The fraction of sp³-hybridized carbons (Fsp3) is 0.429. The standard InChI is InChI=1S/C14H20N2/c1-4-14(2,15-3)9-11-10-16-13-8-6-5-7-12(11)13/h5-8,10,15-16H,4,9H2,1-3H3. The number of aromatic nitrogens is 1. The Balaban J connectivity index is 2.34. The van der Waals surface area contributed by atoms with Gasteiger partial charge in [0.15, 0.2) is 0 Å². The van der Waals surface area contributed by atoms with E-state index in [1.165, 1.54) is 16.5 Å². The second kappa shape index (κ2) is 4.30. The molecule has 1 unspecified atom stereocenters. The molecular weight excluding hydrogens is 196 g/mol. The molecule has 0 saturated carbocycles. The molecule has 2 N–H and O–H groups in total. The number of benzene rings is 1. The second-order valence-corrected chi connectivity index (χ2v) is 4.70. The second-order valence-electron chi connectivity index (χ2n) is 4.70. The molecule has 0 aliphatic heterocycles. The number of H-pyrrole nitrogens is 1. The lowest BCUT2D eigenvalue weighted by atomic mass is 9.90. The number of hydrogen-bond donors (Lipinski definition) is 2. The maximum Gasteiger partial charge on any atom is 0.0456 e. The monoisotopic (exact) mass is 216 g/mol. The van der Waals surface area contributed by atoms with Crippen LogP contribution in [0.4, 0.5) is 0 Å². The van der Waals surface area contributed by atoms with E-state index >= 15 is 0 Å². The Hall–Kier alpha value is -1.28. The van der Waals surface area contributed by atoms with Crippen LogP contribution in [-0.4, -0.2) is 17.6 Å². The summed E-state index contributed by atoms with van der Waals surface area (Å²) < 4.78 is 0. The van der Waals surface area contributed by atoms with Crippen LogP contribution >= 0.6 is 0 Å². The largest absolute Gasteiger partial charge is 0.361 e. The molecule has 1 atom stereocenters. The Morgan fingerprint density at radius 1 is 1.31 bits per heavy atom. The zero-order valence-corrected chi connectivity index (χ0v) is 10.3. The van der Waals surface area contributed by atoms with Gasteiger partial charge >= 0.3 is 0 Å². The molecule has 1 aromatic heterocycles. The summed E-state index contributed by atoms with van der Waals surface area (Å²) in [5.74, 6) is 0. The zero-order valence-electron chi connectivity index (χ0n) is 10.3. The van der Waals surface area contributed by atoms with E-state index in [1.807, 2.05) is 7.05 Å². The van der Waals surface area contributed by atoms with Crippen LogP contribution in [0.3, 0.4) is 0 Å². The molecule has 2 rings (SSSR count). The van der Waals surface area contributed by atoms with Crippen LogP contribution in [0.2, 0.25) is 0 Å². The average Bonchev–Trinajstić information content (AvgIpc) is 2.73. The van der Waals surface area contributed by atoms with Crippen molar-refractivity contribution < 1.29 is 0 Å². The molecule has 0 aliphatic rings. The third-order valence-electron chi connectivity index (χ3n) is 3.64. The Morgan fingerprint density at radius 2 is 2.06 bits per heavy atom. The molecule has 0 bridgehead atoms. The average molecular weight is 216 g/mol. The van der Waals surface area contributed by atoms with Crippen molar-refractivity contribution in [1.29, 1.82) is 0 Å². The molecule has 2 aromatic rings. The summed E-state index contributed by atoms with van der Waals surface area (Å²) in [7, 11) is 2.04. The van der Waals surface area contributed by atoms with Crippen LogP contribution < -0.4 is 5.32 Å². The lowest BCUT2D eigenvalue weighted by Crippen LogP contribution is -2.41. The Bertz CT molecular complexity index is 466. The molecule has 0 amide bonds. The smallest absolute Gasteiger partial charge is 0.0456 e. The van der Waals surface area contributed by atoms with Gasteiger partial charge in [-0.05, 0) is 38.4 Å². The number of likely N-dealkylation sites (N-methyl/N-ethyl adjacent to an activating group) is 1. The van der Waals surface area contributed by atoms with Crippen molar-refractivity contribution >= 4 is 10.9 Å². The van der Waals surface area contributed by atoms with E-state index in [0.717, 1.165) is 12.8 Å². The van der Waals surface area contributed by atoms with Gasteiger partial charge in [0.05, 0.1) is 0 Å². The highest BCUT2D eigenvalue weighted by Crippen LogP contribution is 2.23. The van der Waals surface area contributed by atoms with Gasteiger partial charge in [0, 0.05) is 22.6 Å². The normalized spacial score (nSPS) is 15.2. The van der Waals surface area contributed by atoms with Crippen molar-refractivity contribution in [1.82, 2.24) is 10.3 Å². The van der Waals surface area contributed by atoms with E-state index in [2.05, 4.69) is 54.6 Å². The van der Waals surface area contributed by atoms with Gasteiger partial charge in [0.25, 0.3) is 0 Å². The molecule has 0 aliphatic carbocycles. The van der Waals surface area contributed by atoms with E-state index < -0.39 is 0 Å². The maximum atomic E-state index is 3.42. The van der Waals surface area contributed by atoms with Gasteiger partial charge in [-0.3, -0.25) is 0 Å². The van der Waals surface area contributed by atoms with E-state index in [0.29, 0.717) is 0 Å². The van der Waals surface area contributed by atoms with Gasteiger partial charge in [0.2, 0.25) is 0 Å². The van der Waals surface area contributed by atoms with E-state index in [9.17, 15) is 0 Å². The molecule has 2 nitrogen and oxygen atoms in total. The molecule has 16 heavy (non-hydrogen) atoms. The van der Waals surface area contributed by atoms with E-state index in [1.54, 1.807) is 0 Å². The van der Waals surface area contributed by atoms with Crippen molar-refractivity contribution in [2.75, 3.05) is 7.05 Å². The first-order valence-corrected chi connectivity index (χ1v) is 5.92. The summed E-state index contributed by atoms with van der Waals surface area (Å²) in [5.41, 5.74) is 2.81. The molecular formula is C14H20N2. The summed E-state index contributed by atoms with van der Waals surface area (Å²) in [4.78, 5) is 3.33. The third kappa shape index (κ3) is 1.98. The van der Waals surface area contributed by atoms with Gasteiger partial charge in [-0.15, -0.1) is 0 Å². The minimum absolute atomic E-state index is 0.185. The highest BCUT2D eigenvalue weighted by Gasteiger charge is 2.21. The number of hydrogen-bond acceptors (Lipinski definition) is 1. The van der Waals surface area contributed by atoms with E-state index in [4.69, 9.17) is 0 Å². The van der Waals surface area contributed by atoms with Crippen molar-refractivity contribution in [3.8, 4) is 0 Å². The third-order valence-corrected chi connectivity index (χ3v) is 3.64. The Kier molecular flexibility index (Phi) is 3.01. The zero-order chi connectivity index (χ0) is 11.6. The van der Waals surface area contributed by atoms with Crippen LogP contribution in [-0.2, 0) is 6.42 Å². The Labute approximate surface area is 97.1 Å². The maximum absolute atomic E-state index is 3.42. The molecule has 0 radical (unpaired) electrons. The van der Waals surface area contributed by atoms with Crippen LogP contribution in [0.1, 0.15) is 25.8 Å². The Morgan fingerprint density at radius 3 is 2.75 bits per heavy atom. The minimum Gasteiger partial charge on any atom is -0.361 e. The summed E-state index contributed by atoms with van der Waals surface area (Å²) in [6, 6.07) is 8.48. The predicted octanol–water partition coefficient (Wildman–Crippen LogP) is 3.10. The molecule has 0 saturated heterocycles. The van der Waals surface area contributed by atoms with Gasteiger partial charge in [0.1, 0.15) is 0 Å². The molecule has 1 heterocycles. The van der Waals surface area contributed by atoms with Gasteiger partial charge < -0.3 is 10.3 Å². The number of rotatable bonds is 4. The molecule has 0 spiro atoms. The number of nitrogens with one attached hydrogen (secondary N) is 2. The van der Waals surface area contributed by atoms with Gasteiger partial charge in [-0.1, -0.05) is 25.1 Å². The first kappa shape index (κ1) is 11.2. The summed E-state index contributed by atoms with van der Waals surface area (Å²) in [5, 5.41) is 4.76. The minimum atomic E-state index is 0.185. The molecule has 86 valence electrons. The first-order chi connectivity index (χ1) is 7.68. The van der Waals surface area contributed by atoms with Crippen LogP contribution in [0.15, 0.2) is 30.5 Å². The fourth-order valence-corrected chi connectivity index (χ4v) is 2.09.